The smallest absolute Gasteiger partial charge is 0.266 e. The summed E-state index contributed by atoms with van der Waals surface area (Å²) in [5.41, 5.74) is 4.45. The fourth-order valence-corrected chi connectivity index (χ4v) is 3.06. The first-order valence-corrected chi connectivity index (χ1v) is 8.49. The predicted molar refractivity (Wildman–Crippen MR) is 104 cm³/mol. The number of hydrogen-bond donors (Lipinski definition) is 1. The van der Waals surface area contributed by atoms with Gasteiger partial charge in [0.05, 0.1) is 7.11 Å². The molecule has 25 heavy (non-hydrogen) atoms. The average Bonchev–Trinajstić information content (AvgIpc) is 2.55. The Morgan fingerprint density at radius 1 is 1.20 bits per heavy atom. The van der Waals surface area contributed by atoms with Gasteiger partial charge in [-0.3, -0.25) is 4.79 Å². The van der Waals surface area contributed by atoms with Gasteiger partial charge in [-0.15, -0.1) is 0 Å². The summed E-state index contributed by atoms with van der Waals surface area (Å²) in [4.78, 5) is 12.6. The van der Waals surface area contributed by atoms with E-state index >= 15 is 0 Å². The number of carbonyl (C=O) groups excluding carboxylic acids is 1. The van der Waals surface area contributed by atoms with Crippen LogP contribution in [0.4, 0.5) is 5.69 Å². The molecule has 0 unspecified atom stereocenters. The molecule has 0 bridgehead atoms. The Hall–Kier alpha value is -2.58. The molecular weight excluding hydrogens is 380 g/mol. The largest absolute Gasteiger partial charge is 0.496 e. The number of rotatable bonds is 4. The van der Waals surface area contributed by atoms with Crippen LogP contribution in [0.15, 0.2) is 40.4 Å². The van der Waals surface area contributed by atoms with E-state index in [4.69, 9.17) is 4.74 Å². The van der Waals surface area contributed by atoms with Crippen LogP contribution in [0.3, 0.4) is 0 Å². The number of nitriles is 1. The Morgan fingerprint density at radius 3 is 2.40 bits per heavy atom. The summed E-state index contributed by atoms with van der Waals surface area (Å²) >= 11 is 3.39. The third kappa shape index (κ3) is 4.49. The molecule has 0 saturated heterocycles. The van der Waals surface area contributed by atoms with Crippen LogP contribution in [0.2, 0.25) is 0 Å². The van der Waals surface area contributed by atoms with Crippen LogP contribution in [-0.4, -0.2) is 13.0 Å². The van der Waals surface area contributed by atoms with Crippen molar-refractivity contribution in [2.45, 2.75) is 20.8 Å². The number of amides is 1. The standard InChI is InChI=1S/C20H19BrN2O2/c1-12-7-13(2)19(14(3)8-12)23-20(24)16(11-22)9-15-10-17(21)5-6-18(15)25-4/h5-10H,1-4H3,(H,23,24)/b16-9+. The van der Waals surface area contributed by atoms with Crippen LogP contribution in [0, 0.1) is 32.1 Å². The lowest BCUT2D eigenvalue weighted by atomic mass is 10.0. The zero-order valence-electron chi connectivity index (χ0n) is 14.6. The van der Waals surface area contributed by atoms with Crippen LogP contribution in [-0.2, 0) is 4.79 Å². The fourth-order valence-electron chi connectivity index (χ4n) is 2.68. The van der Waals surface area contributed by atoms with Crippen molar-refractivity contribution in [2.24, 2.45) is 0 Å². The van der Waals surface area contributed by atoms with Crippen molar-refractivity contribution in [3.05, 3.63) is 62.6 Å². The normalized spacial score (nSPS) is 11.0. The minimum atomic E-state index is -0.445. The van der Waals surface area contributed by atoms with Crippen LogP contribution in [0.1, 0.15) is 22.3 Å². The second kappa shape index (κ2) is 8.00. The van der Waals surface area contributed by atoms with Gasteiger partial charge in [-0.1, -0.05) is 33.6 Å². The third-order valence-electron chi connectivity index (χ3n) is 3.77. The summed E-state index contributed by atoms with van der Waals surface area (Å²) in [7, 11) is 1.55. The van der Waals surface area contributed by atoms with E-state index in [1.165, 1.54) is 6.08 Å². The Balaban J connectivity index is 2.38. The number of anilines is 1. The van der Waals surface area contributed by atoms with Crippen molar-refractivity contribution in [1.82, 2.24) is 0 Å². The molecule has 0 aliphatic rings. The van der Waals surface area contributed by atoms with Gasteiger partial charge in [0.2, 0.25) is 0 Å². The first-order chi connectivity index (χ1) is 11.8. The molecule has 0 heterocycles. The SMILES string of the molecule is COc1ccc(Br)cc1/C=C(\C#N)C(=O)Nc1c(C)cc(C)cc1C. The highest BCUT2D eigenvalue weighted by molar-refractivity contribution is 9.10. The molecule has 4 nitrogen and oxygen atoms in total. The lowest BCUT2D eigenvalue weighted by Gasteiger charge is -2.12. The van der Waals surface area contributed by atoms with Gasteiger partial charge in [0, 0.05) is 15.7 Å². The van der Waals surface area contributed by atoms with Gasteiger partial charge < -0.3 is 10.1 Å². The molecule has 2 aromatic carbocycles. The molecule has 0 atom stereocenters. The number of aryl methyl sites for hydroxylation is 3. The van der Waals surface area contributed by atoms with E-state index in [1.54, 1.807) is 19.2 Å². The first-order valence-electron chi connectivity index (χ1n) is 7.70. The van der Waals surface area contributed by atoms with Crippen LogP contribution < -0.4 is 10.1 Å². The van der Waals surface area contributed by atoms with Crippen molar-refractivity contribution in [1.29, 1.82) is 5.26 Å². The molecule has 128 valence electrons. The fraction of sp³-hybridized carbons (Fsp3) is 0.200. The van der Waals surface area contributed by atoms with E-state index < -0.39 is 5.91 Å². The monoisotopic (exact) mass is 398 g/mol. The number of nitrogens with one attached hydrogen (secondary N) is 1. The number of ether oxygens (including phenoxy) is 1. The average molecular weight is 399 g/mol. The lowest BCUT2D eigenvalue weighted by molar-refractivity contribution is -0.112. The molecule has 0 aromatic heterocycles. The minimum absolute atomic E-state index is 0.00998. The van der Waals surface area contributed by atoms with E-state index in [0.717, 1.165) is 26.9 Å². The van der Waals surface area contributed by atoms with E-state index in [9.17, 15) is 10.1 Å². The molecule has 5 heteroatoms. The molecule has 2 rings (SSSR count). The van der Waals surface area contributed by atoms with Gasteiger partial charge in [-0.2, -0.15) is 5.26 Å². The lowest BCUT2D eigenvalue weighted by Crippen LogP contribution is -2.15. The number of nitrogens with zero attached hydrogens (tertiary/aromatic N) is 1. The van der Waals surface area contributed by atoms with E-state index in [-0.39, 0.29) is 5.57 Å². The second-order valence-corrected chi connectivity index (χ2v) is 6.70. The Labute approximate surface area is 156 Å². The van der Waals surface area contributed by atoms with Gasteiger partial charge in [0.15, 0.2) is 0 Å². The molecule has 1 N–H and O–H groups in total. The maximum Gasteiger partial charge on any atom is 0.266 e. The van der Waals surface area contributed by atoms with Crippen molar-refractivity contribution >= 4 is 33.6 Å². The molecule has 0 aliphatic heterocycles. The molecule has 1 amide bonds. The third-order valence-corrected chi connectivity index (χ3v) is 4.27. The Bertz CT molecular complexity index is 872. The summed E-state index contributed by atoms with van der Waals surface area (Å²) in [5, 5.41) is 12.3. The predicted octanol–water partition coefficient (Wildman–Crippen LogP) is 4.93. The molecule has 0 saturated carbocycles. The highest BCUT2D eigenvalue weighted by Gasteiger charge is 2.14. The minimum Gasteiger partial charge on any atom is -0.496 e. The molecular formula is C20H19BrN2O2. The van der Waals surface area contributed by atoms with Gasteiger partial charge in [0.1, 0.15) is 17.4 Å². The summed E-state index contributed by atoms with van der Waals surface area (Å²) < 4.78 is 6.12. The van der Waals surface area contributed by atoms with Gasteiger partial charge >= 0.3 is 0 Å². The second-order valence-electron chi connectivity index (χ2n) is 5.78. The van der Waals surface area contributed by atoms with E-state index in [2.05, 4.69) is 21.2 Å². The molecule has 0 fully saturated rings. The van der Waals surface area contributed by atoms with E-state index in [0.29, 0.717) is 11.3 Å². The van der Waals surface area contributed by atoms with Gasteiger partial charge in [-0.05, 0) is 56.2 Å². The van der Waals surface area contributed by atoms with Gasteiger partial charge in [-0.25, -0.2) is 0 Å². The number of carbonyl (C=O) groups is 1. The molecule has 0 radical (unpaired) electrons. The van der Waals surface area contributed by atoms with Crippen molar-refractivity contribution in [3.63, 3.8) is 0 Å². The summed E-state index contributed by atoms with van der Waals surface area (Å²) in [5.74, 6) is 0.144. The number of halogens is 1. The van der Waals surface area contributed by atoms with Gasteiger partial charge in [0.25, 0.3) is 5.91 Å². The first kappa shape index (κ1) is 18.8. The van der Waals surface area contributed by atoms with E-state index in [1.807, 2.05) is 45.0 Å². The van der Waals surface area contributed by atoms with Crippen molar-refractivity contribution in [3.8, 4) is 11.8 Å². The van der Waals surface area contributed by atoms with Crippen molar-refractivity contribution in [2.75, 3.05) is 12.4 Å². The Kier molecular flexibility index (Phi) is 6.00. The number of benzene rings is 2. The molecule has 0 aliphatic carbocycles. The molecule has 0 spiro atoms. The highest BCUT2D eigenvalue weighted by Crippen LogP contribution is 2.26. The maximum absolute atomic E-state index is 12.6. The Morgan fingerprint density at radius 2 is 1.84 bits per heavy atom. The van der Waals surface area contributed by atoms with Crippen molar-refractivity contribution < 1.29 is 9.53 Å². The highest BCUT2D eigenvalue weighted by atomic mass is 79.9. The summed E-state index contributed by atoms with van der Waals surface area (Å²) in [6.45, 7) is 5.87. The molecule has 2 aromatic rings. The maximum atomic E-state index is 12.6. The van der Waals surface area contributed by atoms with Crippen LogP contribution in [0.5, 0.6) is 5.75 Å². The zero-order chi connectivity index (χ0) is 18.6. The zero-order valence-corrected chi connectivity index (χ0v) is 16.2. The number of methoxy groups -OCH3 is 1. The van der Waals surface area contributed by atoms with Crippen LogP contribution >= 0.6 is 15.9 Å². The quantitative estimate of drug-likeness (QED) is 0.586. The topological polar surface area (TPSA) is 62.1 Å². The number of hydrogen-bond acceptors (Lipinski definition) is 3. The van der Waals surface area contributed by atoms with Crippen LogP contribution in [0.25, 0.3) is 6.08 Å². The summed E-state index contributed by atoms with van der Waals surface area (Å²) in [6.07, 6.45) is 1.53. The summed E-state index contributed by atoms with van der Waals surface area (Å²) in [6, 6.07) is 11.4.